The van der Waals surface area contributed by atoms with Gasteiger partial charge in [-0.2, -0.15) is 18.3 Å². The molecule has 102 valence electrons. The van der Waals surface area contributed by atoms with Crippen LogP contribution in [-0.4, -0.2) is 14.9 Å². The molecule has 1 heterocycles. The standard InChI is InChI=1S/C12H10F4N2O/c1-18-6-7(5-17-18)11(19)8-3-2-4-9(10(8)13)12(14,15)16/h2-6,11,19H,1H3. The molecule has 1 atom stereocenters. The largest absolute Gasteiger partial charge is 0.419 e. The molecule has 0 saturated carbocycles. The lowest BCUT2D eigenvalue weighted by Gasteiger charge is -2.14. The van der Waals surface area contributed by atoms with E-state index in [-0.39, 0.29) is 5.56 Å². The van der Waals surface area contributed by atoms with Crippen LogP contribution in [-0.2, 0) is 13.2 Å². The number of aromatic nitrogens is 2. The van der Waals surface area contributed by atoms with Crippen LogP contribution in [0.15, 0.2) is 30.6 Å². The quantitative estimate of drug-likeness (QED) is 0.855. The number of rotatable bonds is 2. The van der Waals surface area contributed by atoms with Gasteiger partial charge in [-0.05, 0) is 6.07 Å². The summed E-state index contributed by atoms with van der Waals surface area (Å²) >= 11 is 0. The minimum absolute atomic E-state index is 0.223. The Bertz CT molecular complexity index is 592. The average molecular weight is 274 g/mol. The van der Waals surface area contributed by atoms with Crippen molar-refractivity contribution < 1.29 is 22.7 Å². The number of aliphatic hydroxyl groups excluding tert-OH is 1. The molecule has 1 unspecified atom stereocenters. The summed E-state index contributed by atoms with van der Waals surface area (Å²) in [4.78, 5) is 0. The number of hydrogen-bond donors (Lipinski definition) is 1. The molecule has 1 aromatic carbocycles. The zero-order valence-electron chi connectivity index (χ0n) is 9.82. The van der Waals surface area contributed by atoms with Crippen LogP contribution >= 0.6 is 0 Å². The van der Waals surface area contributed by atoms with Gasteiger partial charge in [0.1, 0.15) is 11.9 Å². The molecule has 0 aliphatic rings. The van der Waals surface area contributed by atoms with Gasteiger partial charge in [0, 0.05) is 24.4 Å². The predicted molar refractivity (Wildman–Crippen MR) is 58.7 cm³/mol. The molecule has 0 fully saturated rings. The van der Waals surface area contributed by atoms with Gasteiger partial charge in [-0.1, -0.05) is 12.1 Å². The summed E-state index contributed by atoms with van der Waals surface area (Å²) in [5.74, 6) is -1.47. The monoisotopic (exact) mass is 274 g/mol. The number of benzene rings is 1. The first-order valence-electron chi connectivity index (χ1n) is 5.33. The van der Waals surface area contributed by atoms with E-state index >= 15 is 0 Å². The molecular weight excluding hydrogens is 264 g/mol. The van der Waals surface area contributed by atoms with Gasteiger partial charge in [0.25, 0.3) is 0 Å². The van der Waals surface area contributed by atoms with E-state index in [0.717, 1.165) is 12.1 Å². The Balaban J connectivity index is 2.46. The van der Waals surface area contributed by atoms with Crippen LogP contribution in [0.25, 0.3) is 0 Å². The maximum Gasteiger partial charge on any atom is 0.419 e. The lowest BCUT2D eigenvalue weighted by molar-refractivity contribution is -0.140. The van der Waals surface area contributed by atoms with Crippen LogP contribution in [0, 0.1) is 5.82 Å². The summed E-state index contributed by atoms with van der Waals surface area (Å²) in [6.45, 7) is 0. The molecule has 2 rings (SSSR count). The fourth-order valence-electron chi connectivity index (χ4n) is 1.74. The maximum atomic E-state index is 13.8. The Morgan fingerprint density at radius 2 is 2.00 bits per heavy atom. The Kier molecular flexibility index (Phi) is 3.32. The van der Waals surface area contributed by atoms with Gasteiger partial charge >= 0.3 is 6.18 Å². The maximum absolute atomic E-state index is 13.8. The molecule has 0 aliphatic carbocycles. The highest BCUT2D eigenvalue weighted by molar-refractivity contribution is 5.34. The van der Waals surface area contributed by atoms with Crippen molar-refractivity contribution in [1.82, 2.24) is 9.78 Å². The number of hydrogen-bond acceptors (Lipinski definition) is 2. The first-order valence-corrected chi connectivity index (χ1v) is 5.33. The molecular formula is C12H10F4N2O. The van der Waals surface area contributed by atoms with Crippen molar-refractivity contribution in [2.45, 2.75) is 12.3 Å². The normalized spacial score (nSPS) is 13.6. The van der Waals surface area contributed by atoms with Crippen LogP contribution in [0.4, 0.5) is 17.6 Å². The van der Waals surface area contributed by atoms with E-state index in [0.29, 0.717) is 6.07 Å². The molecule has 0 bridgehead atoms. The SMILES string of the molecule is Cn1cc(C(O)c2cccc(C(F)(F)F)c2F)cn1. The summed E-state index contributed by atoms with van der Waals surface area (Å²) in [5.41, 5.74) is -1.60. The average Bonchev–Trinajstić information content (AvgIpc) is 2.74. The van der Waals surface area contributed by atoms with E-state index in [4.69, 9.17) is 0 Å². The third-order valence-electron chi connectivity index (χ3n) is 2.67. The van der Waals surface area contributed by atoms with Crippen molar-refractivity contribution in [3.8, 4) is 0 Å². The molecule has 0 amide bonds. The van der Waals surface area contributed by atoms with Gasteiger partial charge in [0.15, 0.2) is 0 Å². The minimum Gasteiger partial charge on any atom is -0.383 e. The van der Waals surface area contributed by atoms with Gasteiger partial charge in [-0.25, -0.2) is 4.39 Å². The topological polar surface area (TPSA) is 38.0 Å². The minimum atomic E-state index is -4.80. The molecule has 19 heavy (non-hydrogen) atoms. The Morgan fingerprint density at radius 1 is 1.32 bits per heavy atom. The molecule has 0 radical (unpaired) electrons. The van der Waals surface area contributed by atoms with Crippen molar-refractivity contribution >= 4 is 0 Å². The second kappa shape index (κ2) is 4.65. The molecule has 1 N–H and O–H groups in total. The van der Waals surface area contributed by atoms with Crippen molar-refractivity contribution in [2.75, 3.05) is 0 Å². The zero-order chi connectivity index (χ0) is 14.2. The Hall–Kier alpha value is -1.89. The molecule has 0 saturated heterocycles. The number of nitrogens with zero attached hydrogens (tertiary/aromatic N) is 2. The molecule has 1 aromatic heterocycles. The highest BCUT2D eigenvalue weighted by Gasteiger charge is 2.35. The van der Waals surface area contributed by atoms with Gasteiger partial charge in [-0.15, -0.1) is 0 Å². The fraction of sp³-hybridized carbons (Fsp3) is 0.250. The lowest BCUT2D eigenvalue weighted by atomic mass is 10.0. The number of aliphatic hydroxyl groups is 1. The molecule has 7 heteroatoms. The van der Waals surface area contributed by atoms with E-state index in [9.17, 15) is 22.7 Å². The van der Waals surface area contributed by atoms with Crippen molar-refractivity contribution in [2.24, 2.45) is 7.05 Å². The second-order valence-electron chi connectivity index (χ2n) is 4.06. The number of alkyl halides is 3. The summed E-state index contributed by atoms with van der Waals surface area (Å²) in [6, 6.07) is 2.80. The van der Waals surface area contributed by atoms with E-state index < -0.39 is 29.2 Å². The van der Waals surface area contributed by atoms with Gasteiger partial charge in [-0.3, -0.25) is 4.68 Å². The molecule has 0 spiro atoms. The highest BCUT2D eigenvalue weighted by Crippen LogP contribution is 2.35. The lowest BCUT2D eigenvalue weighted by Crippen LogP contribution is -2.12. The second-order valence-corrected chi connectivity index (χ2v) is 4.06. The van der Waals surface area contributed by atoms with Gasteiger partial charge in [0.2, 0.25) is 0 Å². The first-order chi connectivity index (χ1) is 8.80. The van der Waals surface area contributed by atoms with Crippen molar-refractivity contribution in [1.29, 1.82) is 0 Å². The third kappa shape index (κ3) is 2.60. The van der Waals surface area contributed by atoms with Gasteiger partial charge < -0.3 is 5.11 Å². The summed E-state index contributed by atoms with van der Waals surface area (Å²) < 4.78 is 52.9. The van der Waals surface area contributed by atoms with Crippen LogP contribution < -0.4 is 0 Å². The van der Waals surface area contributed by atoms with E-state index in [1.807, 2.05) is 0 Å². The van der Waals surface area contributed by atoms with E-state index in [1.54, 1.807) is 7.05 Å². The zero-order valence-corrected chi connectivity index (χ0v) is 9.82. The van der Waals surface area contributed by atoms with Crippen LogP contribution in [0.1, 0.15) is 22.8 Å². The summed E-state index contributed by atoms with van der Waals surface area (Å²) in [7, 11) is 1.58. The Morgan fingerprint density at radius 3 is 2.53 bits per heavy atom. The van der Waals surface area contributed by atoms with Crippen LogP contribution in [0.3, 0.4) is 0 Å². The number of aryl methyl sites for hydroxylation is 1. The summed E-state index contributed by atoms with van der Waals surface area (Å²) in [5, 5.41) is 13.7. The smallest absolute Gasteiger partial charge is 0.383 e. The van der Waals surface area contributed by atoms with Crippen LogP contribution in [0.5, 0.6) is 0 Å². The fourth-order valence-corrected chi connectivity index (χ4v) is 1.74. The van der Waals surface area contributed by atoms with Crippen molar-refractivity contribution in [3.63, 3.8) is 0 Å². The van der Waals surface area contributed by atoms with E-state index in [1.165, 1.54) is 17.1 Å². The third-order valence-corrected chi connectivity index (χ3v) is 2.67. The molecule has 3 nitrogen and oxygen atoms in total. The Labute approximate surface area is 106 Å². The van der Waals surface area contributed by atoms with E-state index in [2.05, 4.69) is 5.10 Å². The molecule has 2 aromatic rings. The van der Waals surface area contributed by atoms with Gasteiger partial charge in [0.05, 0.1) is 11.8 Å². The molecule has 0 aliphatic heterocycles. The highest BCUT2D eigenvalue weighted by atomic mass is 19.4. The van der Waals surface area contributed by atoms with Crippen molar-refractivity contribution in [3.05, 3.63) is 53.1 Å². The first kappa shape index (κ1) is 13.5. The van der Waals surface area contributed by atoms with Crippen LogP contribution in [0.2, 0.25) is 0 Å². The predicted octanol–water partition coefficient (Wildman–Crippen LogP) is 2.66. The summed E-state index contributed by atoms with van der Waals surface area (Å²) in [6.07, 6.45) is -3.61. The number of halogens is 4.